The van der Waals surface area contributed by atoms with E-state index in [9.17, 15) is 40.3 Å². The van der Waals surface area contributed by atoms with Crippen molar-refractivity contribution in [3.63, 3.8) is 0 Å². The standard InChI is InChI=1S/C22H21FN2O5S.C19H15FN2O5S/c1-12(2)29-17-11-16-18(22(26)24-3)20(13-5-7-14(23)8-6-13)30-21(16)15-9-10-25(19(15)17)31(4,27)28;1-21-19(24)15-13-9-14(23)16-12(7-8-22(16)28(2,25)26)18(13)27-17(15)10-3-5-11(20)6-4-10/h5-12H,1-4H3,(H,24,26);3-9,23H,1-2H3,(H,21,24). The van der Waals surface area contributed by atoms with Crippen LogP contribution in [-0.4, -0.2) is 74.4 Å². The van der Waals surface area contributed by atoms with Crippen LogP contribution >= 0.6 is 0 Å². The van der Waals surface area contributed by atoms with Crippen molar-refractivity contribution in [2.24, 2.45) is 0 Å². The molecule has 0 saturated heterocycles. The summed E-state index contributed by atoms with van der Waals surface area (Å²) >= 11 is 0. The third-order valence-electron chi connectivity index (χ3n) is 9.31. The summed E-state index contributed by atoms with van der Waals surface area (Å²) in [5, 5.41) is 17.2. The first-order valence-electron chi connectivity index (χ1n) is 17.8. The van der Waals surface area contributed by atoms with E-state index in [-0.39, 0.29) is 45.6 Å². The molecule has 0 aliphatic rings. The van der Waals surface area contributed by atoms with Gasteiger partial charge < -0.3 is 29.3 Å². The molecular formula is C41H36F2N4O10S2. The zero-order valence-corrected chi connectivity index (χ0v) is 33.9. The number of amides is 2. The van der Waals surface area contributed by atoms with Crippen molar-refractivity contribution < 1.29 is 53.9 Å². The second kappa shape index (κ2) is 14.9. The number of carbonyl (C=O) groups excluding carboxylic acids is 2. The Morgan fingerprint density at radius 1 is 0.661 bits per heavy atom. The number of nitrogens with zero attached hydrogens (tertiary/aromatic N) is 2. The molecule has 2 amide bonds. The molecule has 4 aromatic heterocycles. The van der Waals surface area contributed by atoms with E-state index in [1.54, 1.807) is 12.1 Å². The van der Waals surface area contributed by atoms with Crippen molar-refractivity contribution in [3.8, 4) is 34.1 Å². The van der Waals surface area contributed by atoms with Crippen molar-refractivity contribution in [2.45, 2.75) is 20.0 Å². The van der Waals surface area contributed by atoms with Gasteiger partial charge in [0.2, 0.25) is 20.0 Å². The summed E-state index contributed by atoms with van der Waals surface area (Å²) in [6.45, 7) is 3.64. The maximum absolute atomic E-state index is 13.4. The third kappa shape index (κ3) is 7.25. The summed E-state index contributed by atoms with van der Waals surface area (Å²) in [6.07, 6.45) is 4.59. The third-order valence-corrected chi connectivity index (χ3v) is 11.4. The second-order valence-corrected chi connectivity index (χ2v) is 17.5. The number of aromatic hydroxyl groups is 1. The number of halogens is 2. The van der Waals surface area contributed by atoms with Crippen molar-refractivity contribution in [3.05, 3.63) is 108 Å². The van der Waals surface area contributed by atoms with Crippen LogP contribution in [0.3, 0.4) is 0 Å². The lowest BCUT2D eigenvalue weighted by Crippen LogP contribution is -2.18. The lowest BCUT2D eigenvalue weighted by atomic mass is 10.0. The number of phenols is 1. The second-order valence-electron chi connectivity index (χ2n) is 13.7. The summed E-state index contributed by atoms with van der Waals surface area (Å²) in [5.41, 5.74) is 2.36. The van der Waals surface area contributed by atoms with Gasteiger partial charge in [0, 0.05) is 59.2 Å². The van der Waals surface area contributed by atoms with Crippen LogP contribution in [0.25, 0.3) is 66.4 Å². The van der Waals surface area contributed by atoms with Crippen LogP contribution in [0.5, 0.6) is 11.5 Å². The fraction of sp³-hybridized carbons (Fsp3) is 0.171. The number of ether oxygens (including phenoxy) is 1. The Morgan fingerprint density at radius 2 is 1.07 bits per heavy atom. The van der Waals surface area contributed by atoms with E-state index < -0.39 is 43.5 Å². The molecule has 4 aromatic carbocycles. The largest absolute Gasteiger partial charge is 0.506 e. The number of fused-ring (bicyclic) bond motifs is 6. The zero-order valence-electron chi connectivity index (χ0n) is 32.2. The molecule has 0 fully saturated rings. The normalized spacial score (nSPS) is 12.0. The van der Waals surface area contributed by atoms with Gasteiger partial charge in [-0.15, -0.1) is 0 Å². The summed E-state index contributed by atoms with van der Waals surface area (Å²) < 4.78 is 95.4. The van der Waals surface area contributed by atoms with Crippen LogP contribution in [0.2, 0.25) is 0 Å². The molecule has 14 nitrogen and oxygen atoms in total. The van der Waals surface area contributed by atoms with Crippen LogP contribution in [0.15, 0.2) is 94.0 Å². The molecule has 306 valence electrons. The Morgan fingerprint density at radius 3 is 1.47 bits per heavy atom. The van der Waals surface area contributed by atoms with Crippen LogP contribution in [0.1, 0.15) is 34.6 Å². The van der Waals surface area contributed by atoms with Gasteiger partial charge in [-0.05, 0) is 86.6 Å². The Labute approximate surface area is 335 Å². The number of rotatable bonds is 8. The Hall–Kier alpha value is -6.66. The first-order chi connectivity index (χ1) is 27.8. The zero-order chi connectivity index (χ0) is 42.7. The summed E-state index contributed by atoms with van der Waals surface area (Å²) in [5.74, 6) is -1.26. The highest BCUT2D eigenvalue weighted by Crippen LogP contribution is 2.43. The highest BCUT2D eigenvalue weighted by Gasteiger charge is 2.28. The minimum absolute atomic E-state index is 0.0536. The lowest BCUT2D eigenvalue weighted by molar-refractivity contribution is 0.0956. The first kappa shape index (κ1) is 40.5. The molecule has 4 heterocycles. The van der Waals surface area contributed by atoms with E-state index in [1.165, 1.54) is 87.2 Å². The van der Waals surface area contributed by atoms with Gasteiger partial charge in [-0.2, -0.15) is 0 Å². The fourth-order valence-electron chi connectivity index (χ4n) is 6.86. The van der Waals surface area contributed by atoms with Gasteiger partial charge in [0.1, 0.15) is 56.9 Å². The van der Waals surface area contributed by atoms with Crippen LogP contribution in [-0.2, 0) is 20.0 Å². The molecule has 0 aliphatic carbocycles. The minimum Gasteiger partial charge on any atom is -0.506 e. The minimum atomic E-state index is -3.66. The number of hydrogen-bond donors (Lipinski definition) is 3. The molecule has 0 bridgehead atoms. The first-order valence-corrected chi connectivity index (χ1v) is 21.5. The molecule has 0 spiro atoms. The van der Waals surface area contributed by atoms with Crippen molar-refractivity contribution in [1.82, 2.24) is 18.6 Å². The quantitative estimate of drug-likeness (QED) is 0.141. The molecule has 8 rings (SSSR count). The number of nitrogens with one attached hydrogen (secondary N) is 2. The Kier molecular flexibility index (Phi) is 10.3. The summed E-state index contributed by atoms with van der Waals surface area (Å²) in [7, 11) is -4.33. The molecular weight excluding hydrogens is 811 g/mol. The van der Waals surface area contributed by atoms with Crippen molar-refractivity contribution in [2.75, 3.05) is 26.6 Å². The lowest BCUT2D eigenvalue weighted by Gasteiger charge is -2.13. The molecule has 3 N–H and O–H groups in total. The summed E-state index contributed by atoms with van der Waals surface area (Å²) in [6, 6.07) is 17.0. The van der Waals surface area contributed by atoms with Gasteiger partial charge in [-0.3, -0.25) is 9.59 Å². The average molecular weight is 847 g/mol. The fourth-order valence-corrected chi connectivity index (χ4v) is 8.47. The van der Waals surface area contributed by atoms with E-state index >= 15 is 0 Å². The SMILES string of the molecule is CNC(=O)c1c(-c2ccc(F)cc2)oc2c1cc(O)c1c2ccn1S(C)(=O)=O.CNC(=O)c1c(-c2ccc(F)cc2)oc2c1cc(OC(C)C)c1c2ccn1S(C)(=O)=O. The molecule has 0 atom stereocenters. The summed E-state index contributed by atoms with van der Waals surface area (Å²) in [4.78, 5) is 25.3. The highest BCUT2D eigenvalue weighted by atomic mass is 32.2. The van der Waals surface area contributed by atoms with E-state index in [0.29, 0.717) is 49.5 Å². The molecule has 0 radical (unpaired) electrons. The topological polar surface area (TPSA) is 192 Å². The van der Waals surface area contributed by atoms with Crippen LogP contribution in [0, 0.1) is 11.6 Å². The number of furan rings is 2. The number of aromatic nitrogens is 2. The van der Waals surface area contributed by atoms with Gasteiger partial charge in [0.05, 0.1) is 29.7 Å². The van der Waals surface area contributed by atoms with E-state index in [0.717, 1.165) is 20.5 Å². The molecule has 0 saturated carbocycles. The van der Waals surface area contributed by atoms with Gasteiger partial charge >= 0.3 is 0 Å². The maximum Gasteiger partial charge on any atom is 0.255 e. The Balaban J connectivity index is 0.000000180. The predicted molar refractivity (Wildman–Crippen MR) is 219 cm³/mol. The number of carbonyl (C=O) groups is 2. The van der Waals surface area contributed by atoms with Crippen LogP contribution in [0.4, 0.5) is 8.78 Å². The molecule has 18 heteroatoms. The van der Waals surface area contributed by atoms with Gasteiger partial charge in [0.15, 0.2) is 0 Å². The van der Waals surface area contributed by atoms with E-state index in [4.69, 9.17) is 13.6 Å². The number of benzene rings is 4. The highest BCUT2D eigenvalue weighted by molar-refractivity contribution is 7.89. The average Bonchev–Trinajstić information content (AvgIpc) is 3.97. The van der Waals surface area contributed by atoms with Gasteiger partial charge in [-0.1, -0.05) is 0 Å². The van der Waals surface area contributed by atoms with Crippen molar-refractivity contribution >= 4 is 75.6 Å². The van der Waals surface area contributed by atoms with Gasteiger partial charge in [0.25, 0.3) is 11.8 Å². The number of hydrogen-bond acceptors (Lipinski definition) is 10. The molecule has 59 heavy (non-hydrogen) atoms. The Bertz CT molecular complexity index is 3200. The molecule has 8 aromatic rings. The monoisotopic (exact) mass is 846 g/mol. The predicted octanol–water partition coefficient (Wildman–Crippen LogP) is 7.21. The van der Waals surface area contributed by atoms with Gasteiger partial charge in [-0.25, -0.2) is 33.6 Å². The number of phenolic OH excluding ortho intramolecular Hbond substituents is 1. The van der Waals surface area contributed by atoms with E-state index in [1.807, 2.05) is 13.8 Å². The maximum atomic E-state index is 13.4. The smallest absolute Gasteiger partial charge is 0.255 e. The molecule has 0 aliphatic heterocycles. The van der Waals surface area contributed by atoms with E-state index in [2.05, 4.69) is 10.6 Å². The van der Waals surface area contributed by atoms with Crippen LogP contribution < -0.4 is 15.4 Å². The van der Waals surface area contributed by atoms with Crippen molar-refractivity contribution in [1.29, 1.82) is 0 Å². The molecule has 0 unspecified atom stereocenters.